The zero-order valence-corrected chi connectivity index (χ0v) is 17.9. The van der Waals surface area contributed by atoms with E-state index in [4.69, 9.17) is 14.2 Å². The van der Waals surface area contributed by atoms with Crippen molar-refractivity contribution in [3.63, 3.8) is 0 Å². The highest BCUT2D eigenvalue weighted by Gasteiger charge is 2.19. The minimum atomic E-state index is -0.506. The van der Waals surface area contributed by atoms with Gasteiger partial charge < -0.3 is 19.3 Å². The molecule has 0 bridgehead atoms. The Hall–Kier alpha value is -3.35. The fraction of sp³-hybridized carbons (Fsp3) is 0.409. The number of rotatable bonds is 7. The highest BCUT2D eigenvalue weighted by molar-refractivity contribution is 5.87. The van der Waals surface area contributed by atoms with E-state index in [1.807, 2.05) is 6.07 Å². The lowest BCUT2D eigenvalue weighted by atomic mass is 10.1. The summed E-state index contributed by atoms with van der Waals surface area (Å²) in [6, 6.07) is 7.12. The predicted molar refractivity (Wildman–Crippen MR) is 116 cm³/mol. The second-order valence-corrected chi connectivity index (χ2v) is 7.06. The van der Waals surface area contributed by atoms with Crippen molar-refractivity contribution in [3.05, 3.63) is 45.2 Å². The number of hydrogen-bond acceptors (Lipinski definition) is 8. The number of benzene rings is 1. The van der Waals surface area contributed by atoms with Gasteiger partial charge in [-0.15, -0.1) is 0 Å². The number of morpholine rings is 1. The molecule has 9 nitrogen and oxygen atoms in total. The van der Waals surface area contributed by atoms with Gasteiger partial charge in [0.15, 0.2) is 11.5 Å². The molecule has 2 heterocycles. The van der Waals surface area contributed by atoms with Crippen molar-refractivity contribution in [2.24, 2.45) is 4.99 Å². The third-order valence-electron chi connectivity index (χ3n) is 5.30. The van der Waals surface area contributed by atoms with Crippen LogP contribution in [0.5, 0.6) is 17.4 Å². The standard InChI is InChI=1S/C22H26N4O5/c1-15-17(13-23)21(27)26(7-6-25-8-10-31-11-9-25)22(28)18(15)14-24-16-4-5-19(29-2)20(12-16)30-3/h4-5,12,14,28H,6-11H2,1-3H3. The molecule has 0 saturated carbocycles. The second kappa shape index (κ2) is 10.1. The van der Waals surface area contributed by atoms with Crippen LogP contribution in [0.2, 0.25) is 0 Å². The largest absolute Gasteiger partial charge is 0.494 e. The van der Waals surface area contributed by atoms with Gasteiger partial charge in [-0.05, 0) is 24.6 Å². The van der Waals surface area contributed by atoms with Gasteiger partial charge in [0.25, 0.3) is 5.56 Å². The average Bonchev–Trinajstić information content (AvgIpc) is 2.79. The zero-order chi connectivity index (χ0) is 22.4. The first kappa shape index (κ1) is 22.3. The van der Waals surface area contributed by atoms with E-state index in [2.05, 4.69) is 9.89 Å². The van der Waals surface area contributed by atoms with Gasteiger partial charge in [0.1, 0.15) is 11.6 Å². The van der Waals surface area contributed by atoms with E-state index in [1.165, 1.54) is 17.9 Å². The topological polar surface area (TPSA) is 109 Å². The van der Waals surface area contributed by atoms with Gasteiger partial charge >= 0.3 is 0 Å². The third kappa shape index (κ3) is 4.87. The zero-order valence-electron chi connectivity index (χ0n) is 17.9. The summed E-state index contributed by atoms with van der Waals surface area (Å²) in [5.74, 6) is 0.884. The summed E-state index contributed by atoms with van der Waals surface area (Å²) in [6.07, 6.45) is 1.46. The van der Waals surface area contributed by atoms with E-state index in [1.54, 1.807) is 32.2 Å². The van der Waals surface area contributed by atoms with E-state index >= 15 is 0 Å². The van der Waals surface area contributed by atoms with Crippen LogP contribution in [0.4, 0.5) is 5.69 Å². The molecule has 1 fully saturated rings. The fourth-order valence-corrected chi connectivity index (χ4v) is 3.44. The summed E-state index contributed by atoms with van der Waals surface area (Å²) in [7, 11) is 3.08. The average molecular weight is 426 g/mol. The number of pyridine rings is 1. The monoisotopic (exact) mass is 426 g/mol. The smallest absolute Gasteiger partial charge is 0.271 e. The van der Waals surface area contributed by atoms with Crippen molar-refractivity contribution < 1.29 is 19.3 Å². The number of nitriles is 1. The number of nitrogens with zero attached hydrogens (tertiary/aromatic N) is 4. The Morgan fingerprint density at radius 3 is 2.58 bits per heavy atom. The Bertz CT molecular complexity index is 1070. The molecule has 0 aliphatic carbocycles. The van der Waals surface area contributed by atoms with Gasteiger partial charge in [-0.25, -0.2) is 0 Å². The maximum atomic E-state index is 12.8. The van der Waals surface area contributed by atoms with Crippen molar-refractivity contribution in [1.82, 2.24) is 9.47 Å². The van der Waals surface area contributed by atoms with Crippen LogP contribution in [-0.4, -0.2) is 67.9 Å². The first-order chi connectivity index (χ1) is 15.0. The summed E-state index contributed by atoms with van der Waals surface area (Å²) < 4.78 is 17.1. The quantitative estimate of drug-likeness (QED) is 0.673. The van der Waals surface area contributed by atoms with Crippen LogP contribution in [0.3, 0.4) is 0 Å². The minimum absolute atomic E-state index is 0.00598. The van der Waals surface area contributed by atoms with Crippen LogP contribution in [-0.2, 0) is 11.3 Å². The first-order valence-corrected chi connectivity index (χ1v) is 9.92. The van der Waals surface area contributed by atoms with Crippen molar-refractivity contribution in [3.8, 4) is 23.4 Å². The maximum absolute atomic E-state index is 12.8. The highest BCUT2D eigenvalue weighted by atomic mass is 16.5. The molecule has 0 spiro atoms. The molecule has 1 aliphatic rings. The Balaban J connectivity index is 1.95. The lowest BCUT2D eigenvalue weighted by molar-refractivity contribution is 0.0360. The summed E-state index contributed by atoms with van der Waals surface area (Å²) in [6.45, 7) is 5.26. The molecule has 1 aromatic heterocycles. The van der Waals surface area contributed by atoms with Gasteiger partial charge in [0.2, 0.25) is 5.88 Å². The molecular weight excluding hydrogens is 400 g/mol. The van der Waals surface area contributed by atoms with Crippen molar-refractivity contribution in [2.45, 2.75) is 13.5 Å². The van der Waals surface area contributed by atoms with Crippen LogP contribution in [0.25, 0.3) is 0 Å². The van der Waals surface area contributed by atoms with E-state index in [9.17, 15) is 15.2 Å². The molecule has 1 saturated heterocycles. The molecule has 0 amide bonds. The molecular formula is C22H26N4O5. The van der Waals surface area contributed by atoms with Crippen molar-refractivity contribution >= 4 is 11.9 Å². The predicted octanol–water partition coefficient (Wildman–Crippen LogP) is 1.83. The first-order valence-electron chi connectivity index (χ1n) is 9.92. The number of aromatic nitrogens is 1. The molecule has 3 rings (SSSR count). The number of ether oxygens (including phenoxy) is 3. The molecule has 0 unspecified atom stereocenters. The molecule has 0 atom stereocenters. The molecule has 0 radical (unpaired) electrons. The van der Waals surface area contributed by atoms with Crippen LogP contribution < -0.4 is 15.0 Å². The van der Waals surface area contributed by atoms with Gasteiger partial charge in [-0.1, -0.05) is 0 Å². The van der Waals surface area contributed by atoms with E-state index in [-0.39, 0.29) is 18.0 Å². The Morgan fingerprint density at radius 2 is 1.94 bits per heavy atom. The maximum Gasteiger partial charge on any atom is 0.271 e. The molecule has 1 aliphatic heterocycles. The van der Waals surface area contributed by atoms with Gasteiger partial charge in [0, 0.05) is 38.5 Å². The number of aliphatic imine (C=N–C) groups is 1. The summed E-state index contributed by atoms with van der Waals surface area (Å²) in [5.41, 5.74) is 0.772. The van der Waals surface area contributed by atoms with Gasteiger partial charge in [0.05, 0.1) is 38.7 Å². The van der Waals surface area contributed by atoms with Crippen LogP contribution >= 0.6 is 0 Å². The highest BCUT2D eigenvalue weighted by Crippen LogP contribution is 2.31. The summed E-state index contributed by atoms with van der Waals surface area (Å²) in [4.78, 5) is 19.3. The van der Waals surface area contributed by atoms with E-state index in [0.29, 0.717) is 48.1 Å². The molecule has 31 heavy (non-hydrogen) atoms. The van der Waals surface area contributed by atoms with Gasteiger partial charge in [-0.2, -0.15) is 5.26 Å². The SMILES string of the molecule is COc1ccc(N=Cc2c(C)c(C#N)c(=O)n(CCN3CCOCC3)c2O)cc1OC. The fourth-order valence-electron chi connectivity index (χ4n) is 3.44. The third-order valence-corrected chi connectivity index (χ3v) is 5.30. The van der Waals surface area contributed by atoms with Crippen molar-refractivity contribution in [2.75, 3.05) is 47.1 Å². The van der Waals surface area contributed by atoms with E-state index in [0.717, 1.165) is 13.1 Å². The number of hydrogen-bond donors (Lipinski definition) is 1. The molecule has 9 heteroatoms. The molecule has 164 valence electrons. The lowest BCUT2D eigenvalue weighted by Crippen LogP contribution is -2.39. The van der Waals surface area contributed by atoms with Crippen molar-refractivity contribution in [1.29, 1.82) is 5.26 Å². The Kier molecular flexibility index (Phi) is 7.28. The molecule has 2 aromatic rings. The second-order valence-electron chi connectivity index (χ2n) is 7.06. The Morgan fingerprint density at radius 1 is 1.23 bits per heavy atom. The minimum Gasteiger partial charge on any atom is -0.494 e. The number of methoxy groups -OCH3 is 2. The molecule has 1 N–H and O–H groups in total. The van der Waals surface area contributed by atoms with Gasteiger partial charge in [-0.3, -0.25) is 19.3 Å². The number of aromatic hydroxyl groups is 1. The van der Waals surface area contributed by atoms with Crippen LogP contribution in [0.15, 0.2) is 28.0 Å². The van der Waals surface area contributed by atoms with E-state index < -0.39 is 5.56 Å². The summed E-state index contributed by atoms with van der Waals surface area (Å²) in [5, 5.41) is 20.4. The molecule has 1 aromatic carbocycles. The van der Waals surface area contributed by atoms with Crippen LogP contribution in [0.1, 0.15) is 16.7 Å². The Labute approximate surface area is 180 Å². The normalized spacial score (nSPS) is 14.5. The lowest BCUT2D eigenvalue weighted by Gasteiger charge is -2.27. The summed E-state index contributed by atoms with van der Waals surface area (Å²) >= 11 is 0. The van der Waals surface area contributed by atoms with Crippen LogP contribution in [0, 0.1) is 18.3 Å².